The van der Waals surface area contributed by atoms with E-state index in [1.807, 2.05) is 0 Å². The van der Waals surface area contributed by atoms with E-state index in [-0.39, 0.29) is 0 Å². The Hall–Kier alpha value is -0.120. The molecule has 0 fully saturated rings. The average molecular weight is 89.1 g/mol. The predicted molar refractivity (Wildman–Crippen MR) is 22.3 cm³/mol. The molecule has 0 aliphatic carbocycles. The summed E-state index contributed by atoms with van der Waals surface area (Å²) in [5.41, 5.74) is 9.72. The molecule has 0 aromatic heterocycles. The molecule has 0 spiro atoms. The second-order valence-corrected chi connectivity index (χ2v) is 1.12. The summed E-state index contributed by atoms with van der Waals surface area (Å²) in [4.78, 5) is 0. The zero-order valence-corrected chi connectivity index (χ0v) is 3.55. The summed E-state index contributed by atoms with van der Waals surface area (Å²) < 4.78 is 0. The third-order valence-corrected chi connectivity index (χ3v) is 0.451. The smallest absolute Gasteiger partial charge is 0.142 e. The Morgan fingerprint density at radius 3 is 2.17 bits per heavy atom. The van der Waals surface area contributed by atoms with Crippen molar-refractivity contribution in [3.05, 3.63) is 0 Å². The molecule has 0 amide bonds. The molecule has 1 atom stereocenters. The van der Waals surface area contributed by atoms with Gasteiger partial charge < -0.3 is 11.5 Å². The van der Waals surface area contributed by atoms with Crippen LogP contribution in [0.3, 0.4) is 0 Å². The molecule has 0 bridgehead atoms. The highest BCUT2D eigenvalue weighted by atomic mass is 16.3. The number of nitrogens with two attached hydrogens (primary N) is 2. The van der Waals surface area contributed by atoms with E-state index in [0.29, 0.717) is 13.0 Å². The van der Waals surface area contributed by atoms with Crippen LogP contribution in [0, 0.1) is 0 Å². The van der Waals surface area contributed by atoms with Crippen LogP contribution in [0.1, 0.15) is 6.42 Å². The van der Waals surface area contributed by atoms with Crippen LogP contribution < -0.4 is 11.5 Å². The third-order valence-electron chi connectivity index (χ3n) is 0.451. The molecule has 0 aliphatic heterocycles. The average Bonchev–Trinajstić information content (AvgIpc) is 1.35. The van der Waals surface area contributed by atoms with E-state index in [0.717, 1.165) is 0 Å². The van der Waals surface area contributed by atoms with Crippen molar-refractivity contribution in [2.75, 3.05) is 6.54 Å². The molecule has 3 heteroatoms. The van der Waals surface area contributed by atoms with E-state index >= 15 is 0 Å². The molecule has 0 saturated carbocycles. The standard InChI is InChI=1S/C3H9N2O/c4-2-1-3(5)6/h3H,1-2,4-5H2. The first-order valence-corrected chi connectivity index (χ1v) is 1.89. The molecule has 6 heavy (non-hydrogen) atoms. The van der Waals surface area contributed by atoms with Gasteiger partial charge in [-0.05, 0) is 6.54 Å². The van der Waals surface area contributed by atoms with E-state index in [1.165, 1.54) is 0 Å². The Labute approximate surface area is 36.9 Å². The number of hydrogen-bond donors (Lipinski definition) is 2. The normalized spacial score (nSPS) is 14.5. The highest BCUT2D eigenvalue weighted by molar-refractivity contribution is 4.41. The van der Waals surface area contributed by atoms with E-state index < -0.39 is 6.23 Å². The highest BCUT2D eigenvalue weighted by Gasteiger charge is 1.90. The summed E-state index contributed by atoms with van der Waals surface area (Å²) in [6, 6.07) is 0. The van der Waals surface area contributed by atoms with E-state index in [4.69, 9.17) is 11.5 Å². The van der Waals surface area contributed by atoms with Gasteiger partial charge in [0.25, 0.3) is 0 Å². The molecular weight excluding hydrogens is 80.0 g/mol. The van der Waals surface area contributed by atoms with E-state index in [2.05, 4.69) is 0 Å². The van der Waals surface area contributed by atoms with Gasteiger partial charge in [-0.3, -0.25) is 0 Å². The second kappa shape index (κ2) is 3.08. The van der Waals surface area contributed by atoms with Gasteiger partial charge in [0.1, 0.15) is 6.23 Å². The Morgan fingerprint density at radius 1 is 1.67 bits per heavy atom. The van der Waals surface area contributed by atoms with Crippen molar-refractivity contribution in [2.45, 2.75) is 12.6 Å². The van der Waals surface area contributed by atoms with Gasteiger partial charge in [0.05, 0.1) is 0 Å². The minimum atomic E-state index is -0.977. The molecule has 0 heterocycles. The fraction of sp³-hybridized carbons (Fsp3) is 1.00. The molecular formula is C3H9N2O. The second-order valence-electron chi connectivity index (χ2n) is 1.12. The maximum absolute atomic E-state index is 9.82. The van der Waals surface area contributed by atoms with Crippen molar-refractivity contribution in [2.24, 2.45) is 11.5 Å². The highest BCUT2D eigenvalue weighted by Crippen LogP contribution is 1.74. The van der Waals surface area contributed by atoms with Crippen LogP contribution in [0.5, 0.6) is 0 Å². The van der Waals surface area contributed by atoms with Gasteiger partial charge in [-0.15, -0.1) is 0 Å². The van der Waals surface area contributed by atoms with Crippen molar-refractivity contribution in [3.8, 4) is 0 Å². The molecule has 4 N–H and O–H groups in total. The Bertz CT molecular complexity index is 30.0. The van der Waals surface area contributed by atoms with Crippen molar-refractivity contribution >= 4 is 0 Å². The maximum Gasteiger partial charge on any atom is 0.142 e. The van der Waals surface area contributed by atoms with Gasteiger partial charge >= 0.3 is 0 Å². The Balaban J connectivity index is 2.63. The Morgan fingerprint density at radius 2 is 2.17 bits per heavy atom. The molecule has 37 valence electrons. The first-order valence-electron chi connectivity index (χ1n) is 1.89. The Kier molecular flexibility index (Phi) is 3.02. The summed E-state index contributed by atoms with van der Waals surface area (Å²) >= 11 is 0. The van der Waals surface area contributed by atoms with Gasteiger partial charge in [-0.2, -0.15) is 0 Å². The van der Waals surface area contributed by atoms with E-state index in [9.17, 15) is 5.11 Å². The van der Waals surface area contributed by atoms with Crippen molar-refractivity contribution in [1.82, 2.24) is 0 Å². The fourth-order valence-electron chi connectivity index (χ4n) is 0.164. The van der Waals surface area contributed by atoms with Gasteiger partial charge in [0.15, 0.2) is 0 Å². The monoisotopic (exact) mass is 89.1 g/mol. The first-order chi connectivity index (χ1) is 2.77. The van der Waals surface area contributed by atoms with Gasteiger partial charge in [0.2, 0.25) is 0 Å². The predicted octanol–water partition coefficient (Wildman–Crippen LogP) is -0.949. The van der Waals surface area contributed by atoms with Crippen molar-refractivity contribution in [3.63, 3.8) is 0 Å². The van der Waals surface area contributed by atoms with Gasteiger partial charge in [0, 0.05) is 6.42 Å². The van der Waals surface area contributed by atoms with Crippen LogP contribution in [-0.2, 0) is 5.11 Å². The molecule has 0 saturated heterocycles. The topological polar surface area (TPSA) is 71.9 Å². The quantitative estimate of drug-likeness (QED) is 0.428. The number of hydrogen-bond acceptors (Lipinski definition) is 2. The van der Waals surface area contributed by atoms with Crippen molar-refractivity contribution < 1.29 is 5.11 Å². The van der Waals surface area contributed by atoms with Crippen molar-refractivity contribution in [1.29, 1.82) is 0 Å². The van der Waals surface area contributed by atoms with Gasteiger partial charge in [-0.1, -0.05) is 0 Å². The van der Waals surface area contributed by atoms with Crippen LogP contribution in [-0.4, -0.2) is 12.8 Å². The molecule has 0 aromatic rings. The summed E-state index contributed by atoms with van der Waals surface area (Å²) in [6.07, 6.45) is -0.602. The van der Waals surface area contributed by atoms with Crippen LogP contribution in [0.15, 0.2) is 0 Å². The van der Waals surface area contributed by atoms with Crippen LogP contribution in [0.2, 0.25) is 0 Å². The van der Waals surface area contributed by atoms with E-state index in [1.54, 1.807) is 0 Å². The largest absolute Gasteiger partial charge is 0.330 e. The lowest BCUT2D eigenvalue weighted by molar-refractivity contribution is 0.0894. The minimum Gasteiger partial charge on any atom is -0.330 e. The molecule has 0 aliphatic rings. The lowest BCUT2D eigenvalue weighted by Gasteiger charge is -1.92. The lowest BCUT2D eigenvalue weighted by atomic mass is 10.4. The molecule has 3 nitrogen and oxygen atoms in total. The maximum atomic E-state index is 9.82. The fourth-order valence-corrected chi connectivity index (χ4v) is 0.164. The molecule has 1 radical (unpaired) electrons. The van der Waals surface area contributed by atoms with Crippen LogP contribution in [0.4, 0.5) is 0 Å². The summed E-state index contributed by atoms with van der Waals surface area (Å²) in [6.45, 7) is 0.394. The first kappa shape index (κ1) is 5.88. The SMILES string of the molecule is NCCC(N)[O]. The lowest BCUT2D eigenvalue weighted by Crippen LogP contribution is -2.20. The molecule has 1 unspecified atom stereocenters. The zero-order valence-electron chi connectivity index (χ0n) is 3.55. The molecule has 0 aromatic carbocycles. The summed E-state index contributed by atoms with van der Waals surface area (Å²) in [5.74, 6) is 0. The molecule has 0 rings (SSSR count). The summed E-state index contributed by atoms with van der Waals surface area (Å²) in [5, 5.41) is 9.82. The number of rotatable bonds is 2. The minimum absolute atomic E-state index is 0.375. The van der Waals surface area contributed by atoms with Crippen LogP contribution in [0.25, 0.3) is 0 Å². The summed E-state index contributed by atoms with van der Waals surface area (Å²) in [7, 11) is 0. The third kappa shape index (κ3) is 3.88. The zero-order chi connectivity index (χ0) is 4.99. The van der Waals surface area contributed by atoms with Gasteiger partial charge in [-0.25, -0.2) is 5.11 Å². The van der Waals surface area contributed by atoms with Crippen LogP contribution >= 0.6 is 0 Å².